The van der Waals surface area contributed by atoms with Crippen molar-refractivity contribution in [3.63, 3.8) is 0 Å². The fraction of sp³-hybridized carbons (Fsp3) is 0.636. The number of anilines is 1. The van der Waals surface area contributed by atoms with E-state index in [-0.39, 0.29) is 30.1 Å². The Hall–Kier alpha value is -2.64. The van der Waals surface area contributed by atoms with Gasteiger partial charge in [0.25, 0.3) is 0 Å². The molecule has 2 aromatic rings. The van der Waals surface area contributed by atoms with Crippen LogP contribution in [-0.4, -0.2) is 51.4 Å². The monoisotopic (exact) mass is 413 g/mol. The second-order valence-electron chi connectivity index (χ2n) is 8.83. The van der Waals surface area contributed by atoms with E-state index in [2.05, 4.69) is 24.3 Å². The van der Waals surface area contributed by atoms with Crippen LogP contribution in [0.1, 0.15) is 68.3 Å². The molecule has 2 aliphatic heterocycles. The Bertz CT molecular complexity index is 921. The number of aryl methyl sites for hydroxylation is 2. The number of ether oxygens (including phenoxy) is 1. The predicted molar refractivity (Wildman–Crippen MR) is 114 cm³/mol. The van der Waals surface area contributed by atoms with E-state index in [4.69, 9.17) is 19.2 Å². The SMILES string of the molecule is COC(=O)N1[C@@H]2CC[C@H]1CC(Nc1nc(C(C)C)nc(-c3c(C)noc3C)c1C)C2. The second kappa shape index (κ2) is 7.89. The summed E-state index contributed by atoms with van der Waals surface area (Å²) in [6.07, 6.45) is 3.64. The Morgan fingerprint density at radius 1 is 1.17 bits per heavy atom. The van der Waals surface area contributed by atoms with E-state index in [1.807, 2.05) is 25.7 Å². The number of hydrogen-bond donors (Lipinski definition) is 1. The lowest BCUT2D eigenvalue weighted by Gasteiger charge is -2.38. The summed E-state index contributed by atoms with van der Waals surface area (Å²) in [4.78, 5) is 23.8. The van der Waals surface area contributed by atoms with Gasteiger partial charge in [0.15, 0.2) is 0 Å². The molecule has 2 aromatic heterocycles. The summed E-state index contributed by atoms with van der Waals surface area (Å²) in [5.41, 5.74) is 3.65. The molecular formula is C22H31N5O3. The summed E-state index contributed by atoms with van der Waals surface area (Å²) >= 11 is 0. The van der Waals surface area contributed by atoms with Crippen LogP contribution in [-0.2, 0) is 4.74 Å². The molecule has 0 spiro atoms. The van der Waals surface area contributed by atoms with Gasteiger partial charge in [-0.25, -0.2) is 14.8 Å². The maximum atomic E-state index is 12.2. The van der Waals surface area contributed by atoms with Gasteiger partial charge in [-0.1, -0.05) is 19.0 Å². The van der Waals surface area contributed by atoms with Crippen molar-refractivity contribution in [2.24, 2.45) is 0 Å². The van der Waals surface area contributed by atoms with Crippen molar-refractivity contribution in [1.82, 2.24) is 20.0 Å². The molecular weight excluding hydrogens is 382 g/mol. The molecule has 162 valence electrons. The average Bonchev–Trinajstić information content (AvgIpc) is 3.18. The summed E-state index contributed by atoms with van der Waals surface area (Å²) in [5.74, 6) is 2.62. The van der Waals surface area contributed by atoms with Crippen molar-refractivity contribution >= 4 is 11.9 Å². The van der Waals surface area contributed by atoms with Gasteiger partial charge in [0.05, 0.1) is 24.1 Å². The highest BCUT2D eigenvalue weighted by atomic mass is 16.5. The number of fused-ring (bicyclic) bond motifs is 2. The van der Waals surface area contributed by atoms with Crippen LogP contribution >= 0.6 is 0 Å². The quantitative estimate of drug-likeness (QED) is 0.796. The summed E-state index contributed by atoms with van der Waals surface area (Å²) < 4.78 is 10.4. The van der Waals surface area contributed by atoms with E-state index in [1.165, 1.54) is 7.11 Å². The highest BCUT2D eigenvalue weighted by Gasteiger charge is 2.44. The highest BCUT2D eigenvalue weighted by Crippen LogP contribution is 2.38. The molecule has 30 heavy (non-hydrogen) atoms. The molecule has 0 radical (unpaired) electrons. The van der Waals surface area contributed by atoms with E-state index in [0.29, 0.717) is 0 Å². The van der Waals surface area contributed by atoms with Gasteiger partial charge in [-0.15, -0.1) is 0 Å². The summed E-state index contributed by atoms with van der Waals surface area (Å²) in [7, 11) is 1.46. The lowest BCUT2D eigenvalue weighted by atomic mass is 9.97. The van der Waals surface area contributed by atoms with Gasteiger partial charge < -0.3 is 19.5 Å². The van der Waals surface area contributed by atoms with Crippen molar-refractivity contribution in [3.05, 3.63) is 22.8 Å². The molecule has 2 aliphatic rings. The van der Waals surface area contributed by atoms with E-state index in [9.17, 15) is 4.79 Å². The molecule has 0 saturated carbocycles. The molecule has 0 aromatic carbocycles. The first-order chi connectivity index (χ1) is 14.3. The number of hydrogen-bond acceptors (Lipinski definition) is 7. The Morgan fingerprint density at radius 3 is 2.37 bits per heavy atom. The minimum Gasteiger partial charge on any atom is -0.453 e. The van der Waals surface area contributed by atoms with Gasteiger partial charge >= 0.3 is 6.09 Å². The third-order valence-corrected chi connectivity index (χ3v) is 6.41. The third-order valence-electron chi connectivity index (χ3n) is 6.41. The molecule has 8 heteroatoms. The zero-order valence-corrected chi connectivity index (χ0v) is 18.7. The van der Waals surface area contributed by atoms with E-state index >= 15 is 0 Å². The molecule has 1 unspecified atom stereocenters. The Morgan fingerprint density at radius 2 is 1.83 bits per heavy atom. The minimum absolute atomic E-state index is 0.197. The first-order valence-electron chi connectivity index (χ1n) is 10.7. The topological polar surface area (TPSA) is 93.4 Å². The van der Waals surface area contributed by atoms with E-state index in [1.54, 1.807) is 0 Å². The van der Waals surface area contributed by atoms with Crippen molar-refractivity contribution in [2.45, 2.75) is 84.3 Å². The lowest BCUT2D eigenvalue weighted by Crippen LogP contribution is -2.49. The third kappa shape index (κ3) is 3.52. The molecule has 3 atom stereocenters. The number of amides is 1. The molecule has 2 saturated heterocycles. The Labute approximate surface area is 177 Å². The fourth-order valence-corrected chi connectivity index (χ4v) is 4.89. The van der Waals surface area contributed by atoms with Crippen LogP contribution < -0.4 is 5.32 Å². The van der Waals surface area contributed by atoms with Gasteiger partial charge in [0.2, 0.25) is 0 Å². The number of rotatable bonds is 4. The van der Waals surface area contributed by atoms with Crippen LogP contribution in [0.2, 0.25) is 0 Å². The largest absolute Gasteiger partial charge is 0.453 e. The van der Waals surface area contributed by atoms with Gasteiger partial charge in [-0.2, -0.15) is 0 Å². The first-order valence-corrected chi connectivity index (χ1v) is 10.7. The van der Waals surface area contributed by atoms with Crippen molar-refractivity contribution in [3.8, 4) is 11.3 Å². The number of methoxy groups -OCH3 is 1. The minimum atomic E-state index is -0.207. The van der Waals surface area contributed by atoms with Crippen molar-refractivity contribution in [2.75, 3.05) is 12.4 Å². The lowest BCUT2D eigenvalue weighted by molar-refractivity contribution is 0.0832. The number of aromatic nitrogens is 3. The zero-order chi connectivity index (χ0) is 21.6. The van der Waals surface area contributed by atoms with E-state index in [0.717, 1.165) is 65.6 Å². The van der Waals surface area contributed by atoms with Gasteiger partial charge in [-0.3, -0.25) is 0 Å². The number of piperidine rings is 1. The molecule has 8 nitrogen and oxygen atoms in total. The number of nitrogens with one attached hydrogen (secondary N) is 1. The second-order valence-corrected chi connectivity index (χ2v) is 8.83. The average molecular weight is 414 g/mol. The molecule has 4 rings (SSSR count). The number of carbonyl (C=O) groups excluding carboxylic acids is 1. The van der Waals surface area contributed by atoms with Crippen LogP contribution in [0.25, 0.3) is 11.3 Å². The molecule has 1 N–H and O–H groups in total. The van der Waals surface area contributed by atoms with Crippen LogP contribution in [0.4, 0.5) is 10.6 Å². The summed E-state index contributed by atoms with van der Waals surface area (Å²) in [6, 6.07) is 0.708. The molecule has 2 bridgehead atoms. The molecule has 2 fully saturated rings. The van der Waals surface area contributed by atoms with Crippen molar-refractivity contribution < 1.29 is 14.1 Å². The van der Waals surface area contributed by atoms with Crippen LogP contribution in [0.3, 0.4) is 0 Å². The maximum absolute atomic E-state index is 12.2. The van der Waals surface area contributed by atoms with Gasteiger partial charge in [-0.05, 0) is 46.5 Å². The normalized spacial score (nSPS) is 23.2. The summed E-state index contributed by atoms with van der Waals surface area (Å²) in [5, 5.41) is 7.79. The smallest absolute Gasteiger partial charge is 0.409 e. The number of nitrogens with zero attached hydrogens (tertiary/aromatic N) is 4. The summed E-state index contributed by atoms with van der Waals surface area (Å²) in [6.45, 7) is 10.1. The van der Waals surface area contributed by atoms with Crippen LogP contribution in [0, 0.1) is 20.8 Å². The number of carbonyl (C=O) groups is 1. The maximum Gasteiger partial charge on any atom is 0.409 e. The standard InChI is InChI=1S/C22H31N5O3/c1-11(2)20-24-19(18-13(4)26-30-14(18)5)12(3)21(25-20)23-15-9-16-7-8-17(10-15)27(16)22(28)29-6/h11,15-17H,7-10H2,1-6H3,(H,23,24,25)/t15?,16-,17+. The van der Waals surface area contributed by atoms with Crippen LogP contribution in [0.15, 0.2) is 4.52 Å². The Kier molecular flexibility index (Phi) is 5.42. The fourth-order valence-electron chi connectivity index (χ4n) is 4.89. The van der Waals surface area contributed by atoms with Gasteiger partial charge in [0.1, 0.15) is 17.4 Å². The molecule has 1 amide bonds. The molecule has 0 aliphatic carbocycles. The highest BCUT2D eigenvalue weighted by molar-refractivity contribution is 5.72. The Balaban J connectivity index is 1.65. The first kappa shape index (κ1) is 20.6. The molecule has 4 heterocycles. The van der Waals surface area contributed by atoms with Crippen LogP contribution in [0.5, 0.6) is 0 Å². The van der Waals surface area contributed by atoms with Crippen molar-refractivity contribution in [1.29, 1.82) is 0 Å². The van der Waals surface area contributed by atoms with E-state index < -0.39 is 0 Å². The van der Waals surface area contributed by atoms with Gasteiger partial charge in [0, 0.05) is 29.6 Å². The zero-order valence-electron chi connectivity index (χ0n) is 18.7. The predicted octanol–water partition coefficient (Wildman–Crippen LogP) is 4.35.